The fourth-order valence-electron chi connectivity index (χ4n) is 2.04. The van der Waals surface area contributed by atoms with Crippen LogP contribution in [0.5, 0.6) is 5.88 Å². The van der Waals surface area contributed by atoms with E-state index >= 15 is 0 Å². The highest BCUT2D eigenvalue weighted by Crippen LogP contribution is 2.15. The summed E-state index contributed by atoms with van der Waals surface area (Å²) in [6, 6.07) is 3.97. The first-order valence-corrected chi connectivity index (χ1v) is 6.11. The molecule has 17 heavy (non-hydrogen) atoms. The summed E-state index contributed by atoms with van der Waals surface area (Å²) in [6.45, 7) is 5.13. The zero-order valence-corrected chi connectivity index (χ0v) is 11.1. The molecular formula is C13H21ClN2O. The third kappa shape index (κ3) is 4.92. The van der Waals surface area contributed by atoms with Crippen molar-refractivity contribution in [3.8, 4) is 5.88 Å². The maximum atomic E-state index is 5.62. The van der Waals surface area contributed by atoms with E-state index in [9.17, 15) is 0 Å². The van der Waals surface area contributed by atoms with Gasteiger partial charge in [0.05, 0.1) is 6.61 Å². The van der Waals surface area contributed by atoms with Crippen LogP contribution >= 0.6 is 12.4 Å². The fourth-order valence-corrected chi connectivity index (χ4v) is 2.04. The molecule has 2 rings (SSSR count). The zero-order chi connectivity index (χ0) is 11.2. The Balaban J connectivity index is 0.00000144. The van der Waals surface area contributed by atoms with E-state index in [4.69, 9.17) is 4.74 Å². The molecule has 1 saturated heterocycles. The summed E-state index contributed by atoms with van der Waals surface area (Å²) < 4.78 is 5.62. The molecule has 4 heteroatoms. The third-order valence-electron chi connectivity index (χ3n) is 3.06. The Morgan fingerprint density at radius 1 is 1.47 bits per heavy atom. The summed E-state index contributed by atoms with van der Waals surface area (Å²) in [6.07, 6.45) is 5.60. The second-order valence-electron chi connectivity index (χ2n) is 4.52. The minimum absolute atomic E-state index is 0. The van der Waals surface area contributed by atoms with Gasteiger partial charge in [-0.3, -0.25) is 0 Å². The van der Waals surface area contributed by atoms with E-state index in [1.165, 1.54) is 24.9 Å². The number of rotatable bonds is 4. The molecule has 96 valence electrons. The quantitative estimate of drug-likeness (QED) is 0.899. The molecule has 1 unspecified atom stereocenters. The SMILES string of the molecule is Cc1ccc(OCCC2CCCNC2)nc1.Cl. The van der Waals surface area contributed by atoms with Gasteiger partial charge in [0, 0.05) is 12.3 Å². The van der Waals surface area contributed by atoms with Gasteiger partial charge < -0.3 is 10.1 Å². The van der Waals surface area contributed by atoms with E-state index in [-0.39, 0.29) is 12.4 Å². The summed E-state index contributed by atoms with van der Waals surface area (Å²) in [5.74, 6) is 1.52. The molecule has 1 N–H and O–H groups in total. The van der Waals surface area contributed by atoms with Crippen LogP contribution < -0.4 is 10.1 Å². The van der Waals surface area contributed by atoms with Crippen molar-refractivity contribution in [3.63, 3.8) is 0 Å². The van der Waals surface area contributed by atoms with Crippen molar-refractivity contribution in [2.24, 2.45) is 5.92 Å². The van der Waals surface area contributed by atoms with Crippen LogP contribution in [0.1, 0.15) is 24.8 Å². The van der Waals surface area contributed by atoms with Crippen molar-refractivity contribution in [2.45, 2.75) is 26.2 Å². The van der Waals surface area contributed by atoms with Gasteiger partial charge in [-0.05, 0) is 50.8 Å². The molecule has 0 aromatic carbocycles. The summed E-state index contributed by atoms with van der Waals surface area (Å²) in [5, 5.41) is 3.42. The van der Waals surface area contributed by atoms with Gasteiger partial charge in [-0.2, -0.15) is 0 Å². The average molecular weight is 257 g/mol. The highest BCUT2D eigenvalue weighted by molar-refractivity contribution is 5.85. The molecule has 1 atom stereocenters. The van der Waals surface area contributed by atoms with E-state index in [0.717, 1.165) is 31.4 Å². The van der Waals surface area contributed by atoms with Gasteiger partial charge in [-0.15, -0.1) is 12.4 Å². The lowest BCUT2D eigenvalue weighted by Gasteiger charge is -2.22. The van der Waals surface area contributed by atoms with Crippen LogP contribution in [0, 0.1) is 12.8 Å². The smallest absolute Gasteiger partial charge is 0.213 e. The number of halogens is 1. The molecule has 1 aliphatic heterocycles. The number of hydrogen-bond acceptors (Lipinski definition) is 3. The van der Waals surface area contributed by atoms with Crippen molar-refractivity contribution in [3.05, 3.63) is 23.9 Å². The molecule has 0 bridgehead atoms. The Morgan fingerprint density at radius 2 is 2.35 bits per heavy atom. The largest absolute Gasteiger partial charge is 0.478 e. The zero-order valence-electron chi connectivity index (χ0n) is 10.3. The Bertz CT molecular complexity index is 310. The first-order chi connectivity index (χ1) is 7.84. The first kappa shape index (κ1) is 14.3. The number of hydrogen-bond donors (Lipinski definition) is 1. The molecule has 1 aliphatic rings. The predicted molar refractivity (Wildman–Crippen MR) is 71.9 cm³/mol. The molecule has 1 fully saturated rings. The Labute approximate surface area is 109 Å². The van der Waals surface area contributed by atoms with Crippen LogP contribution in [0.25, 0.3) is 0 Å². The van der Waals surface area contributed by atoms with Gasteiger partial charge in [0.15, 0.2) is 0 Å². The van der Waals surface area contributed by atoms with Crippen LogP contribution in [-0.4, -0.2) is 24.7 Å². The van der Waals surface area contributed by atoms with Gasteiger partial charge >= 0.3 is 0 Å². The molecule has 0 radical (unpaired) electrons. The van der Waals surface area contributed by atoms with Crippen molar-refractivity contribution >= 4 is 12.4 Å². The normalized spacial score (nSPS) is 19.5. The maximum Gasteiger partial charge on any atom is 0.213 e. The number of aryl methyl sites for hydroxylation is 1. The molecule has 0 saturated carbocycles. The number of nitrogens with one attached hydrogen (secondary N) is 1. The van der Waals surface area contributed by atoms with Crippen molar-refractivity contribution < 1.29 is 4.74 Å². The summed E-state index contributed by atoms with van der Waals surface area (Å²) in [4.78, 5) is 4.22. The minimum atomic E-state index is 0. The van der Waals surface area contributed by atoms with Gasteiger partial charge in [0.25, 0.3) is 0 Å². The predicted octanol–water partition coefficient (Wildman–Crippen LogP) is 2.58. The molecule has 2 heterocycles. The van der Waals surface area contributed by atoms with Gasteiger partial charge in [0.1, 0.15) is 0 Å². The maximum absolute atomic E-state index is 5.62. The van der Waals surface area contributed by atoms with E-state index in [2.05, 4.69) is 10.3 Å². The fraction of sp³-hybridized carbons (Fsp3) is 0.615. The molecule has 3 nitrogen and oxygen atoms in total. The Kier molecular flexibility index (Phi) is 6.30. The monoisotopic (exact) mass is 256 g/mol. The molecule has 0 spiro atoms. The van der Waals surface area contributed by atoms with Gasteiger partial charge in [0.2, 0.25) is 5.88 Å². The highest BCUT2D eigenvalue weighted by atomic mass is 35.5. The summed E-state index contributed by atoms with van der Waals surface area (Å²) >= 11 is 0. The Hall–Kier alpha value is -0.800. The third-order valence-corrected chi connectivity index (χ3v) is 3.06. The average Bonchev–Trinajstić information content (AvgIpc) is 2.33. The molecule has 1 aromatic rings. The number of pyridine rings is 1. The van der Waals surface area contributed by atoms with Crippen LogP contribution in [-0.2, 0) is 0 Å². The van der Waals surface area contributed by atoms with Crippen molar-refractivity contribution in [1.29, 1.82) is 0 Å². The first-order valence-electron chi connectivity index (χ1n) is 6.11. The summed E-state index contributed by atoms with van der Waals surface area (Å²) in [5.41, 5.74) is 1.17. The van der Waals surface area contributed by atoms with Crippen LogP contribution in [0.15, 0.2) is 18.3 Å². The standard InChI is InChI=1S/C13H20N2O.ClH/c1-11-4-5-13(15-9-11)16-8-6-12-3-2-7-14-10-12;/h4-5,9,12,14H,2-3,6-8,10H2,1H3;1H. The van der Waals surface area contributed by atoms with E-state index in [1.807, 2.05) is 25.3 Å². The van der Waals surface area contributed by atoms with Gasteiger partial charge in [-0.25, -0.2) is 4.98 Å². The lowest BCUT2D eigenvalue weighted by Crippen LogP contribution is -2.30. The minimum Gasteiger partial charge on any atom is -0.478 e. The van der Waals surface area contributed by atoms with Crippen LogP contribution in [0.3, 0.4) is 0 Å². The molecule has 0 aliphatic carbocycles. The number of piperidine rings is 1. The van der Waals surface area contributed by atoms with Crippen LogP contribution in [0.2, 0.25) is 0 Å². The highest BCUT2D eigenvalue weighted by Gasteiger charge is 2.12. The Morgan fingerprint density at radius 3 is 3.00 bits per heavy atom. The molecule has 1 aromatic heterocycles. The topological polar surface area (TPSA) is 34.1 Å². The number of nitrogens with zero attached hydrogens (tertiary/aromatic N) is 1. The second kappa shape index (κ2) is 7.51. The van der Waals surface area contributed by atoms with Crippen molar-refractivity contribution in [2.75, 3.05) is 19.7 Å². The molecule has 0 amide bonds. The van der Waals surface area contributed by atoms with E-state index in [1.54, 1.807) is 0 Å². The summed E-state index contributed by atoms with van der Waals surface area (Å²) in [7, 11) is 0. The number of ether oxygens (including phenoxy) is 1. The van der Waals surface area contributed by atoms with Crippen molar-refractivity contribution in [1.82, 2.24) is 10.3 Å². The van der Waals surface area contributed by atoms with Gasteiger partial charge in [-0.1, -0.05) is 6.07 Å². The second-order valence-corrected chi connectivity index (χ2v) is 4.52. The molecular weight excluding hydrogens is 236 g/mol. The lowest BCUT2D eigenvalue weighted by atomic mass is 9.97. The van der Waals surface area contributed by atoms with E-state index in [0.29, 0.717) is 0 Å². The lowest BCUT2D eigenvalue weighted by molar-refractivity contribution is 0.247. The number of aromatic nitrogens is 1. The van der Waals surface area contributed by atoms with E-state index < -0.39 is 0 Å². The van der Waals surface area contributed by atoms with Crippen LogP contribution in [0.4, 0.5) is 0 Å².